The molecule has 2 aromatic carbocycles. The van der Waals surface area contributed by atoms with Crippen molar-refractivity contribution in [1.29, 1.82) is 0 Å². The quantitative estimate of drug-likeness (QED) is 0.335. The van der Waals surface area contributed by atoms with Gasteiger partial charge in [0.2, 0.25) is 0 Å². The fraction of sp³-hybridized carbons (Fsp3) is 0.143. The van der Waals surface area contributed by atoms with E-state index in [2.05, 4.69) is 38.4 Å². The van der Waals surface area contributed by atoms with Crippen LogP contribution < -0.4 is 4.74 Å². The zero-order valence-electron chi connectivity index (χ0n) is 15.1. The molecular weight excluding hydrogens is 506 g/mol. The summed E-state index contributed by atoms with van der Waals surface area (Å²) in [6.07, 6.45) is 4.15. The monoisotopic (exact) mass is 521 g/mol. The molecule has 0 atom stereocenters. The Labute approximate surface area is 184 Å². The van der Waals surface area contributed by atoms with Gasteiger partial charge in [0, 0.05) is 11.5 Å². The average molecular weight is 523 g/mol. The number of allylic oxidation sites excluding steroid dienone is 1. The minimum absolute atomic E-state index is 0.268. The van der Waals surface area contributed by atoms with Crippen LogP contribution in [-0.2, 0) is 17.8 Å². The van der Waals surface area contributed by atoms with Crippen LogP contribution in [-0.4, -0.2) is 23.1 Å². The number of carbonyl (C=O) groups excluding carboxylic acids is 2. The summed E-state index contributed by atoms with van der Waals surface area (Å²) in [7, 11) is 1.48. The van der Waals surface area contributed by atoms with Crippen molar-refractivity contribution in [1.82, 2.24) is 4.90 Å². The van der Waals surface area contributed by atoms with Crippen molar-refractivity contribution in [2.75, 3.05) is 7.05 Å². The van der Waals surface area contributed by atoms with Crippen LogP contribution in [0.25, 0.3) is 6.08 Å². The van der Waals surface area contributed by atoms with Crippen LogP contribution in [0.1, 0.15) is 16.7 Å². The molecule has 3 rings (SSSR count). The second kappa shape index (κ2) is 9.11. The molecule has 0 aromatic heterocycles. The third-order valence-corrected chi connectivity index (χ3v) is 6.17. The van der Waals surface area contributed by atoms with Gasteiger partial charge in [-0.3, -0.25) is 14.5 Å². The van der Waals surface area contributed by atoms with Gasteiger partial charge in [-0.1, -0.05) is 34.1 Å². The van der Waals surface area contributed by atoms with Crippen LogP contribution in [0.2, 0.25) is 0 Å². The number of amides is 2. The topological polar surface area (TPSA) is 46.6 Å². The minimum atomic E-state index is -0.285. The number of hydrogen-bond acceptors (Lipinski definition) is 4. The maximum absolute atomic E-state index is 12.1. The van der Waals surface area contributed by atoms with Crippen LogP contribution in [0.5, 0.6) is 5.75 Å². The number of nitrogens with zero attached hydrogens (tertiary/aromatic N) is 1. The van der Waals surface area contributed by atoms with Crippen LogP contribution >= 0.6 is 43.6 Å². The van der Waals surface area contributed by atoms with Gasteiger partial charge in [-0.25, -0.2) is 0 Å². The number of rotatable bonds is 6. The second-order valence-electron chi connectivity index (χ2n) is 6.14. The molecule has 4 nitrogen and oxygen atoms in total. The Morgan fingerprint density at radius 3 is 2.50 bits per heavy atom. The van der Waals surface area contributed by atoms with Crippen molar-refractivity contribution in [2.45, 2.75) is 13.0 Å². The lowest BCUT2D eigenvalue weighted by atomic mass is 10.1. The summed E-state index contributed by atoms with van der Waals surface area (Å²) < 4.78 is 7.86. The van der Waals surface area contributed by atoms with Gasteiger partial charge in [-0.15, -0.1) is 6.58 Å². The van der Waals surface area contributed by atoms with E-state index >= 15 is 0 Å². The van der Waals surface area contributed by atoms with E-state index in [4.69, 9.17) is 4.74 Å². The Hall–Kier alpha value is -1.83. The van der Waals surface area contributed by atoms with Gasteiger partial charge in [0.15, 0.2) is 0 Å². The molecule has 0 radical (unpaired) electrons. The molecule has 1 heterocycles. The van der Waals surface area contributed by atoms with Crippen LogP contribution in [0.15, 0.2) is 62.9 Å². The summed E-state index contributed by atoms with van der Waals surface area (Å²) in [5.41, 5.74) is 2.82. The summed E-state index contributed by atoms with van der Waals surface area (Å²) in [4.78, 5) is 25.4. The molecule has 1 saturated heterocycles. The fourth-order valence-corrected chi connectivity index (χ4v) is 4.38. The Kier molecular flexibility index (Phi) is 6.80. The van der Waals surface area contributed by atoms with Crippen molar-refractivity contribution >= 4 is 60.8 Å². The minimum Gasteiger partial charge on any atom is -0.487 e. The molecule has 1 aliphatic rings. The van der Waals surface area contributed by atoms with Crippen molar-refractivity contribution in [3.8, 4) is 5.75 Å². The highest BCUT2D eigenvalue weighted by atomic mass is 79.9. The van der Waals surface area contributed by atoms with E-state index in [0.717, 1.165) is 48.0 Å². The summed E-state index contributed by atoms with van der Waals surface area (Å²) in [5, 5.41) is -0.268. The van der Waals surface area contributed by atoms with E-state index in [9.17, 15) is 9.59 Å². The van der Waals surface area contributed by atoms with Gasteiger partial charge >= 0.3 is 0 Å². The van der Waals surface area contributed by atoms with Gasteiger partial charge < -0.3 is 4.74 Å². The lowest BCUT2D eigenvalue weighted by molar-refractivity contribution is -0.121. The summed E-state index contributed by atoms with van der Waals surface area (Å²) in [6, 6.07) is 11.8. The van der Waals surface area contributed by atoms with E-state index in [0.29, 0.717) is 17.9 Å². The van der Waals surface area contributed by atoms with E-state index in [1.54, 1.807) is 12.2 Å². The Bertz CT molecular complexity index is 970. The molecule has 28 heavy (non-hydrogen) atoms. The first-order valence-corrected chi connectivity index (χ1v) is 10.8. The van der Waals surface area contributed by atoms with Crippen LogP contribution in [0, 0.1) is 0 Å². The second-order valence-corrected chi connectivity index (χ2v) is 8.90. The Morgan fingerprint density at radius 1 is 1.18 bits per heavy atom. The molecule has 0 spiro atoms. The Balaban J connectivity index is 1.87. The van der Waals surface area contributed by atoms with Gasteiger partial charge in [0.1, 0.15) is 12.4 Å². The number of halogens is 2. The van der Waals surface area contributed by atoms with E-state index in [-0.39, 0.29) is 11.1 Å². The molecule has 2 aromatic rings. The first-order valence-electron chi connectivity index (χ1n) is 8.41. The number of carbonyl (C=O) groups is 2. The van der Waals surface area contributed by atoms with Gasteiger partial charge in [0.05, 0.1) is 9.38 Å². The zero-order chi connectivity index (χ0) is 20.3. The number of ether oxygens (including phenoxy) is 1. The van der Waals surface area contributed by atoms with Crippen molar-refractivity contribution in [2.24, 2.45) is 0 Å². The zero-order valence-corrected chi connectivity index (χ0v) is 19.1. The summed E-state index contributed by atoms with van der Waals surface area (Å²) in [5.74, 6) is 0.454. The largest absolute Gasteiger partial charge is 0.487 e. The summed E-state index contributed by atoms with van der Waals surface area (Å²) >= 11 is 7.94. The predicted octanol–water partition coefficient (Wildman–Crippen LogP) is 6.19. The first-order chi connectivity index (χ1) is 13.4. The lowest BCUT2D eigenvalue weighted by Gasteiger charge is -2.14. The van der Waals surface area contributed by atoms with Crippen LogP contribution in [0.4, 0.5) is 4.79 Å². The highest BCUT2D eigenvalue weighted by Crippen LogP contribution is 2.36. The molecule has 0 bridgehead atoms. The molecule has 7 heteroatoms. The lowest BCUT2D eigenvalue weighted by Crippen LogP contribution is -2.22. The van der Waals surface area contributed by atoms with Gasteiger partial charge in [-0.05, 0) is 81.1 Å². The van der Waals surface area contributed by atoms with Gasteiger partial charge in [0.25, 0.3) is 11.1 Å². The van der Waals surface area contributed by atoms with Crippen molar-refractivity contribution < 1.29 is 14.3 Å². The maximum atomic E-state index is 12.1. The molecule has 0 unspecified atom stereocenters. The highest BCUT2D eigenvalue weighted by molar-refractivity contribution is 9.10. The molecule has 1 fully saturated rings. The highest BCUT2D eigenvalue weighted by Gasteiger charge is 2.31. The number of benzene rings is 2. The normalized spacial score (nSPS) is 15.4. The molecule has 2 amide bonds. The van der Waals surface area contributed by atoms with E-state index in [1.165, 1.54) is 7.05 Å². The first kappa shape index (κ1) is 20.9. The molecular formula is C21H17Br2NO3S. The number of hydrogen-bond donors (Lipinski definition) is 0. The average Bonchev–Trinajstić information content (AvgIpc) is 2.89. The van der Waals surface area contributed by atoms with Gasteiger partial charge in [-0.2, -0.15) is 0 Å². The predicted molar refractivity (Wildman–Crippen MR) is 120 cm³/mol. The number of thioether (sulfide) groups is 1. The molecule has 0 N–H and O–H groups in total. The smallest absolute Gasteiger partial charge is 0.293 e. The SMILES string of the molecule is C=CCc1cc(/C=C2\SC(=O)N(C)C2=O)cc(Br)c1OCc1ccc(Br)cc1. The summed E-state index contributed by atoms with van der Waals surface area (Å²) in [6.45, 7) is 4.25. The third kappa shape index (κ3) is 4.77. The molecule has 0 aliphatic carbocycles. The molecule has 0 saturated carbocycles. The van der Waals surface area contributed by atoms with E-state index < -0.39 is 0 Å². The fourth-order valence-electron chi connectivity index (χ4n) is 2.66. The number of imide groups is 1. The third-order valence-electron chi connectivity index (χ3n) is 4.09. The number of likely N-dealkylation sites (N-methyl/N-ethyl adjacent to an activating group) is 1. The van der Waals surface area contributed by atoms with E-state index in [1.807, 2.05) is 36.4 Å². The molecule has 1 aliphatic heterocycles. The van der Waals surface area contributed by atoms with Crippen molar-refractivity contribution in [3.63, 3.8) is 0 Å². The standard InChI is InChI=1S/C21H17Br2NO3S/c1-3-4-15-9-14(11-18-20(25)24(2)21(26)28-18)10-17(23)19(15)27-12-13-5-7-16(22)8-6-13/h3,5-11H,1,4,12H2,2H3/b18-11-. The Morgan fingerprint density at radius 2 is 1.89 bits per heavy atom. The molecule has 144 valence electrons. The van der Waals surface area contributed by atoms with Crippen molar-refractivity contribution in [3.05, 3.63) is 79.6 Å². The van der Waals surface area contributed by atoms with Crippen LogP contribution in [0.3, 0.4) is 0 Å². The maximum Gasteiger partial charge on any atom is 0.293 e.